The molecule has 1 aromatic rings. The van der Waals surface area contributed by atoms with Crippen molar-refractivity contribution in [3.8, 4) is 0 Å². The van der Waals surface area contributed by atoms with E-state index in [1.54, 1.807) is 12.1 Å². The average molecular weight is 252 g/mol. The van der Waals surface area contributed by atoms with E-state index in [-0.39, 0.29) is 12.3 Å². The molecule has 0 aromatic heterocycles. The third kappa shape index (κ3) is 2.98. The van der Waals surface area contributed by atoms with E-state index in [4.69, 9.17) is 0 Å². The average Bonchev–Trinajstić information content (AvgIpc) is 2.39. The number of nitro benzene ring substituents is 1. The Morgan fingerprint density at radius 2 is 2.00 bits per heavy atom. The van der Waals surface area contributed by atoms with Crippen LogP contribution in [-0.2, 0) is 6.61 Å². The summed E-state index contributed by atoms with van der Waals surface area (Å²) in [5.41, 5.74) is 1.23. The van der Waals surface area contributed by atoms with Crippen LogP contribution in [-0.4, -0.2) is 23.1 Å². The highest BCUT2D eigenvalue weighted by Crippen LogP contribution is 2.26. The Labute approximate surface area is 107 Å². The van der Waals surface area contributed by atoms with Crippen molar-refractivity contribution < 1.29 is 10.0 Å². The van der Waals surface area contributed by atoms with Crippen molar-refractivity contribution in [2.24, 2.45) is 0 Å². The summed E-state index contributed by atoms with van der Waals surface area (Å²) < 4.78 is 0. The van der Waals surface area contributed by atoms with Crippen LogP contribution in [0.3, 0.4) is 0 Å². The lowest BCUT2D eigenvalue weighted by atomic mass is 10.1. The molecule has 0 bridgehead atoms. The number of aliphatic hydroxyl groups is 1. The Bertz CT molecular complexity index is 417. The van der Waals surface area contributed by atoms with Crippen LogP contribution in [0.5, 0.6) is 0 Å². The molecule has 0 fully saturated rings. The Hall–Kier alpha value is -1.62. The minimum atomic E-state index is -0.466. The zero-order valence-electron chi connectivity index (χ0n) is 11.1. The van der Waals surface area contributed by atoms with Gasteiger partial charge in [0.25, 0.3) is 5.69 Å². The lowest BCUT2D eigenvalue weighted by Gasteiger charge is -2.28. The molecule has 18 heavy (non-hydrogen) atoms. The fourth-order valence-corrected chi connectivity index (χ4v) is 2.14. The van der Waals surface area contributed by atoms with Crippen LogP contribution in [0.1, 0.15) is 32.3 Å². The second-order valence-electron chi connectivity index (χ2n) is 4.31. The summed E-state index contributed by atoms with van der Waals surface area (Å²) in [4.78, 5) is 12.4. The Balaban J connectivity index is 3.08. The molecule has 0 unspecified atom stereocenters. The number of nitro groups is 1. The molecule has 1 rings (SSSR count). The van der Waals surface area contributed by atoms with Crippen molar-refractivity contribution in [3.05, 3.63) is 33.9 Å². The molecule has 0 spiro atoms. The van der Waals surface area contributed by atoms with Gasteiger partial charge in [-0.2, -0.15) is 0 Å². The zero-order chi connectivity index (χ0) is 13.7. The van der Waals surface area contributed by atoms with Gasteiger partial charge in [-0.05, 0) is 25.0 Å². The van der Waals surface area contributed by atoms with E-state index >= 15 is 0 Å². The van der Waals surface area contributed by atoms with Crippen LogP contribution >= 0.6 is 0 Å². The fourth-order valence-electron chi connectivity index (χ4n) is 2.14. The van der Waals surface area contributed by atoms with E-state index in [0.717, 1.165) is 18.5 Å². The minimum Gasteiger partial charge on any atom is -0.391 e. The Morgan fingerprint density at radius 3 is 2.44 bits per heavy atom. The first-order chi connectivity index (χ1) is 8.54. The molecule has 0 heterocycles. The smallest absolute Gasteiger partial charge is 0.275 e. The first kappa shape index (κ1) is 14.4. The number of rotatable bonds is 6. The number of hydrogen-bond acceptors (Lipinski definition) is 4. The summed E-state index contributed by atoms with van der Waals surface area (Å²) in [6, 6.07) is 5.28. The molecule has 5 nitrogen and oxygen atoms in total. The number of nitrogens with zero attached hydrogens (tertiary/aromatic N) is 2. The molecule has 0 atom stereocenters. The van der Waals surface area contributed by atoms with Crippen molar-refractivity contribution in [3.63, 3.8) is 0 Å². The van der Waals surface area contributed by atoms with Crippen molar-refractivity contribution in [1.82, 2.24) is 0 Å². The number of hydrogen-bond donors (Lipinski definition) is 1. The molecule has 0 radical (unpaired) electrons. The monoisotopic (exact) mass is 252 g/mol. The molecule has 1 N–H and O–H groups in total. The summed E-state index contributed by atoms with van der Waals surface area (Å²) in [5, 5.41) is 20.0. The first-order valence-electron chi connectivity index (χ1n) is 6.16. The molecular formula is C13H20N2O3. The van der Waals surface area contributed by atoms with E-state index < -0.39 is 4.92 Å². The predicted molar refractivity (Wildman–Crippen MR) is 71.8 cm³/mol. The summed E-state index contributed by atoms with van der Waals surface area (Å²) in [5.74, 6) is 0. The molecule has 0 aliphatic carbocycles. The predicted octanol–water partition coefficient (Wildman–Crippen LogP) is 2.71. The molecule has 5 heteroatoms. The second kappa shape index (κ2) is 6.35. The lowest BCUT2D eigenvalue weighted by molar-refractivity contribution is -0.385. The molecule has 100 valence electrons. The Kier molecular flexibility index (Phi) is 5.09. The number of anilines is 1. The quantitative estimate of drug-likeness (QED) is 0.624. The number of aliphatic hydroxyl groups excluding tert-OH is 1. The van der Waals surface area contributed by atoms with E-state index in [1.807, 2.05) is 7.05 Å². The highest BCUT2D eigenvalue weighted by Gasteiger charge is 2.17. The van der Waals surface area contributed by atoms with E-state index in [0.29, 0.717) is 11.6 Å². The maximum Gasteiger partial charge on any atom is 0.275 e. The van der Waals surface area contributed by atoms with Crippen LogP contribution in [0, 0.1) is 10.1 Å². The van der Waals surface area contributed by atoms with Gasteiger partial charge in [-0.25, -0.2) is 0 Å². The van der Waals surface area contributed by atoms with E-state index in [1.165, 1.54) is 6.07 Å². The molecule has 0 amide bonds. The normalized spacial score (nSPS) is 10.7. The summed E-state index contributed by atoms with van der Waals surface area (Å²) in [7, 11) is 1.97. The van der Waals surface area contributed by atoms with Crippen molar-refractivity contribution in [2.75, 3.05) is 11.9 Å². The lowest BCUT2D eigenvalue weighted by Crippen LogP contribution is -2.30. The summed E-state index contributed by atoms with van der Waals surface area (Å²) in [6.07, 6.45) is 2.02. The van der Waals surface area contributed by atoms with Gasteiger partial charge in [0.1, 0.15) is 0 Å². The molecular weight excluding hydrogens is 232 g/mol. The van der Waals surface area contributed by atoms with Gasteiger partial charge in [0.05, 0.1) is 17.1 Å². The van der Waals surface area contributed by atoms with Gasteiger partial charge < -0.3 is 10.0 Å². The highest BCUT2D eigenvalue weighted by molar-refractivity contribution is 5.55. The van der Waals surface area contributed by atoms with Crippen LogP contribution in [0.4, 0.5) is 11.4 Å². The van der Waals surface area contributed by atoms with Gasteiger partial charge in [0.15, 0.2) is 0 Å². The van der Waals surface area contributed by atoms with E-state index in [2.05, 4.69) is 18.7 Å². The molecule has 0 aliphatic rings. The molecule has 0 aliphatic heterocycles. The topological polar surface area (TPSA) is 66.6 Å². The zero-order valence-corrected chi connectivity index (χ0v) is 11.1. The van der Waals surface area contributed by atoms with Gasteiger partial charge in [-0.15, -0.1) is 0 Å². The van der Waals surface area contributed by atoms with Gasteiger partial charge >= 0.3 is 0 Å². The second-order valence-corrected chi connectivity index (χ2v) is 4.31. The number of benzene rings is 1. The fraction of sp³-hybridized carbons (Fsp3) is 0.538. The third-order valence-corrected chi connectivity index (χ3v) is 3.33. The molecule has 1 aromatic carbocycles. The summed E-state index contributed by atoms with van der Waals surface area (Å²) in [6.45, 7) is 3.91. The minimum absolute atomic E-state index is 0.0285. The maximum atomic E-state index is 10.8. The standard InChI is InChI=1S/C13H20N2O3/c1-4-11(5-2)14(3)12-6-7-13(15(17)18)10(8-12)9-16/h6-8,11,16H,4-5,9H2,1-3H3. The molecule has 0 saturated carbocycles. The third-order valence-electron chi connectivity index (χ3n) is 3.33. The van der Waals surface area contributed by atoms with E-state index in [9.17, 15) is 15.2 Å². The van der Waals surface area contributed by atoms with Gasteiger partial charge in [-0.3, -0.25) is 10.1 Å². The van der Waals surface area contributed by atoms with Crippen molar-refractivity contribution >= 4 is 11.4 Å². The van der Waals surface area contributed by atoms with Gasteiger partial charge in [-0.1, -0.05) is 13.8 Å². The first-order valence-corrected chi connectivity index (χ1v) is 6.16. The summed E-state index contributed by atoms with van der Waals surface area (Å²) >= 11 is 0. The SMILES string of the molecule is CCC(CC)N(C)c1ccc([N+](=O)[O-])c(CO)c1. The van der Waals surface area contributed by atoms with Crippen molar-refractivity contribution in [1.29, 1.82) is 0 Å². The molecule has 0 saturated heterocycles. The van der Waals surface area contributed by atoms with Gasteiger partial charge in [0.2, 0.25) is 0 Å². The maximum absolute atomic E-state index is 10.8. The van der Waals surface area contributed by atoms with Gasteiger partial charge in [0, 0.05) is 24.8 Å². The Morgan fingerprint density at radius 1 is 1.39 bits per heavy atom. The van der Waals surface area contributed by atoms with Crippen LogP contribution < -0.4 is 4.90 Å². The van der Waals surface area contributed by atoms with Crippen molar-refractivity contribution in [2.45, 2.75) is 39.3 Å². The highest BCUT2D eigenvalue weighted by atomic mass is 16.6. The van der Waals surface area contributed by atoms with Crippen LogP contribution in [0.25, 0.3) is 0 Å². The van der Waals surface area contributed by atoms with Crippen LogP contribution in [0.15, 0.2) is 18.2 Å². The largest absolute Gasteiger partial charge is 0.391 e. The van der Waals surface area contributed by atoms with Crippen LogP contribution in [0.2, 0.25) is 0 Å².